The molecule has 3 aromatic heterocycles. The molecule has 0 unspecified atom stereocenters. The Kier molecular flexibility index (Phi) is 5.81. The second-order valence-corrected chi connectivity index (χ2v) is 10.8. The predicted octanol–water partition coefficient (Wildman–Crippen LogP) is 5.27. The summed E-state index contributed by atoms with van der Waals surface area (Å²) in [6, 6.07) is 11.7. The van der Waals surface area contributed by atoms with E-state index in [1.54, 1.807) is 0 Å². The Labute approximate surface area is 217 Å². The van der Waals surface area contributed by atoms with E-state index < -0.39 is 5.92 Å². The summed E-state index contributed by atoms with van der Waals surface area (Å²) in [6.45, 7) is 3.73. The number of pyridine rings is 2. The molecule has 6 rings (SSSR count). The highest BCUT2D eigenvalue weighted by molar-refractivity contribution is 7.21. The normalized spacial score (nSPS) is 19.6. The van der Waals surface area contributed by atoms with Crippen LogP contribution in [0.4, 0.5) is 14.5 Å². The SMILES string of the molecule is C#Cc1cc(-c2ccc3c(ccc4sc5c(c43)NC[C@@H](C)NC5=O)n2)cc(CN2CCC(F)(F)CC2)n1. The number of rotatable bonds is 3. The maximum atomic E-state index is 13.6. The van der Waals surface area contributed by atoms with E-state index in [4.69, 9.17) is 11.4 Å². The number of benzene rings is 1. The van der Waals surface area contributed by atoms with Crippen LogP contribution in [0.2, 0.25) is 0 Å². The lowest BCUT2D eigenvalue weighted by Crippen LogP contribution is -2.39. The average molecular weight is 518 g/mol. The van der Waals surface area contributed by atoms with Crippen molar-refractivity contribution in [1.82, 2.24) is 20.2 Å². The molecule has 1 fully saturated rings. The highest BCUT2D eigenvalue weighted by Crippen LogP contribution is 2.41. The smallest absolute Gasteiger partial charge is 0.263 e. The van der Waals surface area contributed by atoms with Gasteiger partial charge in [0.2, 0.25) is 0 Å². The Morgan fingerprint density at radius 3 is 2.78 bits per heavy atom. The van der Waals surface area contributed by atoms with Crippen molar-refractivity contribution >= 4 is 43.9 Å². The number of piperidine rings is 1. The number of halogens is 2. The van der Waals surface area contributed by atoms with Crippen LogP contribution < -0.4 is 10.6 Å². The molecule has 0 spiro atoms. The van der Waals surface area contributed by atoms with Gasteiger partial charge in [-0.1, -0.05) is 5.92 Å². The van der Waals surface area contributed by atoms with Crippen LogP contribution in [0.3, 0.4) is 0 Å². The van der Waals surface area contributed by atoms with E-state index in [0.29, 0.717) is 36.8 Å². The lowest BCUT2D eigenvalue weighted by molar-refractivity contribution is -0.0568. The minimum absolute atomic E-state index is 0.0366. The van der Waals surface area contributed by atoms with Gasteiger partial charge in [-0.3, -0.25) is 9.69 Å². The van der Waals surface area contributed by atoms with Gasteiger partial charge in [0.1, 0.15) is 10.6 Å². The maximum Gasteiger partial charge on any atom is 0.263 e. The Morgan fingerprint density at radius 2 is 2.00 bits per heavy atom. The third-order valence-electron chi connectivity index (χ3n) is 6.99. The van der Waals surface area contributed by atoms with Crippen LogP contribution in [0.5, 0.6) is 0 Å². The van der Waals surface area contributed by atoms with Gasteiger partial charge in [-0.05, 0) is 43.3 Å². The third-order valence-corrected chi connectivity index (χ3v) is 8.14. The Balaban J connectivity index is 1.37. The standard InChI is InChI=1S/C28H25F2N5OS/c1-3-18-12-17(13-19(33-18)15-35-10-8-28(29,30)9-11-35)21-5-4-20-22(34-21)6-7-23-24(20)25-26(37-23)27(36)32-16(2)14-31-25/h1,4-7,12-13,16,31H,8-11,14-15H2,2H3,(H,32,36)/t16-/m1/s1. The van der Waals surface area contributed by atoms with E-state index in [1.165, 1.54) is 11.3 Å². The molecule has 6 nitrogen and oxygen atoms in total. The molecule has 1 saturated heterocycles. The summed E-state index contributed by atoms with van der Waals surface area (Å²) in [6.07, 6.45) is 5.41. The van der Waals surface area contributed by atoms with Gasteiger partial charge in [0.25, 0.3) is 11.8 Å². The van der Waals surface area contributed by atoms with Crippen LogP contribution >= 0.6 is 11.3 Å². The Morgan fingerprint density at radius 1 is 1.19 bits per heavy atom. The molecule has 2 aliphatic heterocycles. The molecule has 0 radical (unpaired) electrons. The van der Waals surface area contributed by atoms with Gasteiger partial charge in [-0.25, -0.2) is 18.7 Å². The molecule has 1 atom stereocenters. The van der Waals surface area contributed by atoms with Crippen LogP contribution in [0.1, 0.15) is 40.8 Å². The zero-order chi connectivity index (χ0) is 25.7. The molecule has 1 aromatic carbocycles. The summed E-state index contributed by atoms with van der Waals surface area (Å²) in [4.78, 5) is 24.8. The number of alkyl halides is 2. The highest BCUT2D eigenvalue weighted by atomic mass is 32.1. The fourth-order valence-electron chi connectivity index (χ4n) is 5.04. The van der Waals surface area contributed by atoms with Crippen molar-refractivity contribution in [2.45, 2.75) is 38.3 Å². The lowest BCUT2D eigenvalue weighted by atomic mass is 10.0. The number of aromatic nitrogens is 2. The molecule has 0 aliphatic carbocycles. The number of amides is 1. The molecule has 37 heavy (non-hydrogen) atoms. The number of carbonyl (C=O) groups excluding carboxylic acids is 1. The molecule has 2 N–H and O–H groups in total. The van der Waals surface area contributed by atoms with E-state index in [9.17, 15) is 13.6 Å². The summed E-state index contributed by atoms with van der Waals surface area (Å²) in [5, 5.41) is 8.44. The van der Waals surface area contributed by atoms with Gasteiger partial charge < -0.3 is 10.6 Å². The van der Waals surface area contributed by atoms with Gasteiger partial charge in [0.05, 0.1) is 22.6 Å². The average Bonchev–Trinajstić information content (AvgIpc) is 3.21. The largest absolute Gasteiger partial charge is 0.381 e. The second kappa shape index (κ2) is 9.05. The van der Waals surface area contributed by atoms with E-state index >= 15 is 0 Å². The Bertz CT molecular complexity index is 1580. The van der Waals surface area contributed by atoms with Gasteiger partial charge in [0.15, 0.2) is 0 Å². The van der Waals surface area contributed by atoms with Gasteiger partial charge in [-0.15, -0.1) is 17.8 Å². The zero-order valence-electron chi connectivity index (χ0n) is 20.3. The first-order valence-corrected chi connectivity index (χ1v) is 13.1. The molecule has 188 valence electrons. The van der Waals surface area contributed by atoms with Crippen LogP contribution in [-0.4, -0.2) is 52.4 Å². The summed E-state index contributed by atoms with van der Waals surface area (Å²) in [5.74, 6) is -0.0376. The molecule has 5 heterocycles. The quantitative estimate of drug-likeness (QED) is 0.363. The third kappa shape index (κ3) is 4.52. The first-order chi connectivity index (χ1) is 17.8. The molecule has 4 aromatic rings. The number of nitrogens with one attached hydrogen (secondary N) is 2. The lowest BCUT2D eigenvalue weighted by Gasteiger charge is -2.31. The Hall–Kier alpha value is -3.61. The number of hydrogen-bond acceptors (Lipinski definition) is 6. The molecule has 2 aliphatic rings. The number of fused-ring (bicyclic) bond motifs is 5. The molecule has 0 bridgehead atoms. The number of carbonyl (C=O) groups is 1. The van der Waals surface area contributed by atoms with E-state index in [0.717, 1.165) is 43.6 Å². The number of thiophene rings is 1. The van der Waals surface area contributed by atoms with Crippen LogP contribution in [0, 0.1) is 12.3 Å². The highest BCUT2D eigenvalue weighted by Gasteiger charge is 2.34. The van der Waals surface area contributed by atoms with Crippen LogP contribution in [0.25, 0.3) is 32.2 Å². The summed E-state index contributed by atoms with van der Waals surface area (Å²) in [5.41, 5.74) is 4.47. The minimum Gasteiger partial charge on any atom is -0.381 e. The first kappa shape index (κ1) is 23.8. The van der Waals surface area contributed by atoms with Crippen molar-refractivity contribution in [3.63, 3.8) is 0 Å². The topological polar surface area (TPSA) is 70.2 Å². The van der Waals surface area contributed by atoms with Crippen molar-refractivity contribution in [1.29, 1.82) is 0 Å². The van der Waals surface area contributed by atoms with Gasteiger partial charge in [-0.2, -0.15) is 0 Å². The summed E-state index contributed by atoms with van der Waals surface area (Å²) in [7, 11) is 0. The monoisotopic (exact) mass is 517 g/mol. The molecule has 9 heteroatoms. The van der Waals surface area contributed by atoms with Crippen molar-refractivity contribution in [3.05, 3.63) is 52.7 Å². The van der Waals surface area contributed by atoms with Crippen LogP contribution in [-0.2, 0) is 6.54 Å². The zero-order valence-corrected chi connectivity index (χ0v) is 21.1. The van der Waals surface area contributed by atoms with Crippen molar-refractivity contribution in [3.8, 4) is 23.6 Å². The molecule has 1 amide bonds. The van der Waals surface area contributed by atoms with Crippen molar-refractivity contribution < 1.29 is 13.6 Å². The molecular formula is C28H25F2N5OS. The number of anilines is 1. The van der Waals surface area contributed by atoms with Gasteiger partial charge in [0, 0.05) is 66.1 Å². The van der Waals surface area contributed by atoms with E-state index in [2.05, 4.69) is 21.5 Å². The fourth-order valence-corrected chi connectivity index (χ4v) is 6.14. The van der Waals surface area contributed by atoms with E-state index in [1.807, 2.05) is 48.2 Å². The summed E-state index contributed by atoms with van der Waals surface area (Å²) >= 11 is 1.48. The molecule has 0 saturated carbocycles. The number of nitrogens with zero attached hydrogens (tertiary/aromatic N) is 3. The van der Waals surface area contributed by atoms with Crippen molar-refractivity contribution in [2.24, 2.45) is 0 Å². The first-order valence-electron chi connectivity index (χ1n) is 12.3. The van der Waals surface area contributed by atoms with Gasteiger partial charge >= 0.3 is 0 Å². The molecular weight excluding hydrogens is 492 g/mol. The second-order valence-electron chi connectivity index (χ2n) is 9.77. The van der Waals surface area contributed by atoms with Crippen molar-refractivity contribution in [2.75, 3.05) is 25.0 Å². The number of hydrogen-bond donors (Lipinski definition) is 2. The number of likely N-dealkylation sites (tertiary alicyclic amines) is 1. The summed E-state index contributed by atoms with van der Waals surface area (Å²) < 4.78 is 28.2. The maximum absolute atomic E-state index is 13.6. The number of terminal acetylenes is 1. The van der Waals surface area contributed by atoms with E-state index in [-0.39, 0.29) is 24.8 Å². The minimum atomic E-state index is -2.59. The van der Waals surface area contributed by atoms with Crippen LogP contribution in [0.15, 0.2) is 36.4 Å². The predicted molar refractivity (Wildman–Crippen MR) is 143 cm³/mol. The fraction of sp³-hybridized carbons (Fsp3) is 0.321.